The maximum Gasteiger partial charge on any atom is 0.311 e. The number of nitrogens with zero attached hydrogens (tertiary/aromatic N) is 2. The molecule has 0 aliphatic rings. The van der Waals surface area contributed by atoms with Gasteiger partial charge in [0.15, 0.2) is 0 Å². The lowest BCUT2D eigenvalue weighted by Gasteiger charge is -2.06. The minimum Gasteiger partial charge on any atom is -0.469 e. The van der Waals surface area contributed by atoms with Gasteiger partial charge >= 0.3 is 5.97 Å². The first-order chi connectivity index (χ1) is 14.0. The van der Waals surface area contributed by atoms with Gasteiger partial charge in [0.25, 0.3) is 5.91 Å². The number of nitrogens with one attached hydrogen (secondary N) is 2. The van der Waals surface area contributed by atoms with Crippen LogP contribution in [0.5, 0.6) is 0 Å². The lowest BCUT2D eigenvalue weighted by Crippen LogP contribution is -2.11. The molecule has 4 rings (SSSR count). The van der Waals surface area contributed by atoms with Crippen molar-refractivity contribution < 1.29 is 14.3 Å². The molecule has 0 aliphatic heterocycles. The number of aromatic amines is 1. The predicted octanol–water partition coefficient (Wildman–Crippen LogP) is 3.96. The molecular weight excluding hydrogens is 388 g/mol. The summed E-state index contributed by atoms with van der Waals surface area (Å²) < 4.78 is 4.67. The zero-order valence-electron chi connectivity index (χ0n) is 15.9. The minimum atomic E-state index is -0.332. The fourth-order valence-corrected chi connectivity index (χ4v) is 3.58. The number of amides is 1. The molecule has 0 radical (unpaired) electrons. The van der Waals surface area contributed by atoms with E-state index in [-0.39, 0.29) is 18.3 Å². The first-order valence-corrected chi connectivity index (χ1v) is 9.78. The van der Waals surface area contributed by atoms with E-state index < -0.39 is 0 Å². The number of carbonyl (C=O) groups excluding carboxylic acids is 2. The Bertz CT molecular complexity index is 1190. The van der Waals surface area contributed by atoms with Crippen molar-refractivity contribution in [3.8, 4) is 11.3 Å². The van der Waals surface area contributed by atoms with Gasteiger partial charge in [-0.15, -0.1) is 11.3 Å². The molecule has 0 spiro atoms. The number of thiazole rings is 1. The molecule has 1 aromatic carbocycles. The van der Waals surface area contributed by atoms with Crippen LogP contribution in [0.4, 0.5) is 5.69 Å². The molecule has 0 unspecified atom stereocenters. The maximum atomic E-state index is 12.6. The molecular formula is C21H18N4O3S. The molecule has 0 saturated carbocycles. The van der Waals surface area contributed by atoms with E-state index in [9.17, 15) is 9.59 Å². The Labute approximate surface area is 170 Å². The quantitative estimate of drug-likeness (QED) is 0.489. The molecule has 7 nitrogen and oxygen atoms in total. The fourth-order valence-electron chi connectivity index (χ4n) is 2.96. The zero-order chi connectivity index (χ0) is 20.4. The SMILES string of the molecule is COC(=O)Cc1cc2cc(NC(=O)c3ccc(-c4csc(C)n4)cc3)cnc2[nH]1. The van der Waals surface area contributed by atoms with Crippen LogP contribution in [0, 0.1) is 6.92 Å². The molecule has 146 valence electrons. The normalized spacial score (nSPS) is 10.8. The van der Waals surface area contributed by atoms with Crippen molar-refractivity contribution in [1.82, 2.24) is 15.0 Å². The Morgan fingerprint density at radius 3 is 2.69 bits per heavy atom. The van der Waals surface area contributed by atoms with Gasteiger partial charge in [0, 0.05) is 27.6 Å². The number of carbonyl (C=O) groups is 2. The van der Waals surface area contributed by atoms with Crippen LogP contribution >= 0.6 is 11.3 Å². The van der Waals surface area contributed by atoms with Crippen LogP contribution in [0.3, 0.4) is 0 Å². The number of H-pyrrole nitrogens is 1. The van der Waals surface area contributed by atoms with Gasteiger partial charge in [-0.3, -0.25) is 9.59 Å². The highest BCUT2D eigenvalue weighted by molar-refractivity contribution is 7.09. The lowest BCUT2D eigenvalue weighted by atomic mass is 10.1. The monoisotopic (exact) mass is 406 g/mol. The highest BCUT2D eigenvalue weighted by Gasteiger charge is 2.11. The van der Waals surface area contributed by atoms with Gasteiger partial charge in [-0.05, 0) is 31.2 Å². The number of hydrogen-bond acceptors (Lipinski definition) is 6. The minimum absolute atomic E-state index is 0.138. The number of methoxy groups -OCH3 is 1. The summed E-state index contributed by atoms with van der Waals surface area (Å²) in [6, 6.07) is 10.9. The number of esters is 1. The molecule has 0 fully saturated rings. The van der Waals surface area contributed by atoms with Gasteiger partial charge < -0.3 is 15.0 Å². The second-order valence-corrected chi connectivity index (χ2v) is 7.55. The number of aryl methyl sites for hydroxylation is 1. The molecule has 0 aliphatic carbocycles. The van der Waals surface area contributed by atoms with Gasteiger partial charge in [0.1, 0.15) is 5.65 Å². The summed E-state index contributed by atoms with van der Waals surface area (Å²) in [6.07, 6.45) is 1.71. The molecule has 1 amide bonds. The van der Waals surface area contributed by atoms with Gasteiger partial charge in [-0.2, -0.15) is 0 Å². The summed E-state index contributed by atoms with van der Waals surface area (Å²) in [5, 5.41) is 6.66. The van der Waals surface area contributed by atoms with Crippen LogP contribution in [0.15, 0.2) is 48.0 Å². The van der Waals surface area contributed by atoms with E-state index >= 15 is 0 Å². The summed E-state index contributed by atoms with van der Waals surface area (Å²) in [5.41, 5.74) is 4.34. The average Bonchev–Trinajstić information content (AvgIpc) is 3.33. The summed E-state index contributed by atoms with van der Waals surface area (Å²) in [5.74, 6) is -0.557. The third kappa shape index (κ3) is 4.17. The summed E-state index contributed by atoms with van der Waals surface area (Å²) in [6.45, 7) is 1.96. The first kappa shape index (κ1) is 18.8. The van der Waals surface area contributed by atoms with E-state index in [1.807, 2.05) is 36.6 Å². The van der Waals surface area contributed by atoms with Crippen LogP contribution < -0.4 is 5.32 Å². The van der Waals surface area contributed by atoms with Gasteiger partial charge in [0.2, 0.25) is 0 Å². The Balaban J connectivity index is 1.48. The van der Waals surface area contributed by atoms with Gasteiger partial charge in [-0.25, -0.2) is 9.97 Å². The Hall–Kier alpha value is -3.52. The third-order valence-electron chi connectivity index (χ3n) is 4.41. The first-order valence-electron chi connectivity index (χ1n) is 8.90. The van der Waals surface area contributed by atoms with Crippen LogP contribution in [-0.4, -0.2) is 33.9 Å². The standard InChI is InChI=1S/C21H18N4O3S/c1-12-23-18(11-29-12)13-3-5-14(6-4-13)21(27)25-17-8-15-7-16(9-19(26)28-2)24-20(15)22-10-17/h3-8,10-11H,9H2,1-2H3,(H,22,24)(H,25,27). The lowest BCUT2D eigenvalue weighted by molar-refractivity contribution is -0.139. The molecule has 3 aromatic heterocycles. The summed E-state index contributed by atoms with van der Waals surface area (Å²) >= 11 is 1.59. The maximum absolute atomic E-state index is 12.6. The summed E-state index contributed by atoms with van der Waals surface area (Å²) in [4.78, 5) is 35.8. The number of anilines is 1. The molecule has 8 heteroatoms. The number of benzene rings is 1. The Morgan fingerprint density at radius 2 is 2.00 bits per heavy atom. The molecule has 2 N–H and O–H groups in total. The van der Waals surface area contributed by atoms with E-state index in [0.717, 1.165) is 21.7 Å². The average molecular weight is 406 g/mol. The van der Waals surface area contributed by atoms with Crippen molar-refractivity contribution >= 4 is 39.9 Å². The smallest absolute Gasteiger partial charge is 0.311 e. The Kier molecular flexibility index (Phi) is 5.09. The van der Waals surface area contributed by atoms with Crippen LogP contribution in [-0.2, 0) is 16.0 Å². The highest BCUT2D eigenvalue weighted by atomic mass is 32.1. The largest absolute Gasteiger partial charge is 0.469 e. The number of ether oxygens (including phenoxy) is 1. The van der Waals surface area contributed by atoms with Crippen molar-refractivity contribution in [2.75, 3.05) is 12.4 Å². The van der Waals surface area contributed by atoms with E-state index in [1.54, 1.807) is 29.7 Å². The van der Waals surface area contributed by atoms with Crippen molar-refractivity contribution in [2.24, 2.45) is 0 Å². The number of fused-ring (bicyclic) bond motifs is 1. The molecule has 0 atom stereocenters. The number of pyridine rings is 1. The second kappa shape index (κ2) is 7.84. The molecule has 3 heterocycles. The zero-order valence-corrected chi connectivity index (χ0v) is 16.7. The predicted molar refractivity (Wildman–Crippen MR) is 112 cm³/mol. The van der Waals surface area contributed by atoms with Crippen LogP contribution in [0.1, 0.15) is 21.1 Å². The number of rotatable bonds is 5. The van der Waals surface area contributed by atoms with E-state index in [0.29, 0.717) is 22.6 Å². The number of hydrogen-bond donors (Lipinski definition) is 2. The topological polar surface area (TPSA) is 97.0 Å². The highest BCUT2D eigenvalue weighted by Crippen LogP contribution is 2.23. The van der Waals surface area contributed by atoms with Gasteiger partial charge in [0.05, 0.1) is 36.1 Å². The fraction of sp³-hybridized carbons (Fsp3) is 0.143. The van der Waals surface area contributed by atoms with Gasteiger partial charge in [-0.1, -0.05) is 12.1 Å². The molecule has 0 saturated heterocycles. The van der Waals surface area contributed by atoms with Crippen molar-refractivity contribution in [3.05, 3.63) is 64.2 Å². The number of aromatic nitrogens is 3. The van der Waals surface area contributed by atoms with Crippen molar-refractivity contribution in [2.45, 2.75) is 13.3 Å². The van der Waals surface area contributed by atoms with E-state index in [4.69, 9.17) is 0 Å². The van der Waals surface area contributed by atoms with E-state index in [2.05, 4.69) is 25.0 Å². The van der Waals surface area contributed by atoms with Crippen LogP contribution in [0.25, 0.3) is 22.3 Å². The van der Waals surface area contributed by atoms with Crippen LogP contribution in [0.2, 0.25) is 0 Å². The van der Waals surface area contributed by atoms with E-state index in [1.165, 1.54) is 7.11 Å². The Morgan fingerprint density at radius 1 is 1.21 bits per heavy atom. The van der Waals surface area contributed by atoms with Crippen molar-refractivity contribution in [1.29, 1.82) is 0 Å². The second-order valence-electron chi connectivity index (χ2n) is 6.49. The third-order valence-corrected chi connectivity index (χ3v) is 5.18. The molecule has 0 bridgehead atoms. The molecule has 4 aromatic rings. The summed E-state index contributed by atoms with van der Waals surface area (Å²) in [7, 11) is 1.35. The van der Waals surface area contributed by atoms with Crippen molar-refractivity contribution in [3.63, 3.8) is 0 Å². The molecule has 29 heavy (non-hydrogen) atoms.